The van der Waals surface area contributed by atoms with Crippen LogP contribution < -0.4 is 5.32 Å². The first-order valence-electron chi connectivity index (χ1n) is 8.86. The van der Waals surface area contributed by atoms with Crippen LogP contribution in [0.15, 0.2) is 0 Å². The number of nitrogens with zero attached hydrogens (tertiary/aromatic N) is 1. The monoisotopic (exact) mass is 264 g/mol. The van der Waals surface area contributed by atoms with Crippen LogP contribution in [-0.2, 0) is 0 Å². The normalized spacial score (nSPS) is 36.2. The van der Waals surface area contributed by atoms with Crippen molar-refractivity contribution in [2.75, 3.05) is 13.1 Å². The van der Waals surface area contributed by atoms with E-state index in [0.29, 0.717) is 0 Å². The van der Waals surface area contributed by atoms with E-state index in [-0.39, 0.29) is 0 Å². The summed E-state index contributed by atoms with van der Waals surface area (Å²) in [4.78, 5) is 2.91. The van der Waals surface area contributed by atoms with E-state index in [9.17, 15) is 0 Å². The molecule has 2 atom stereocenters. The van der Waals surface area contributed by atoms with Gasteiger partial charge in [0.2, 0.25) is 0 Å². The highest BCUT2D eigenvalue weighted by atomic mass is 15.2. The van der Waals surface area contributed by atoms with Gasteiger partial charge in [-0.1, -0.05) is 32.6 Å². The maximum absolute atomic E-state index is 3.78. The molecule has 1 N–H and O–H groups in total. The molecule has 0 radical (unpaired) electrons. The van der Waals surface area contributed by atoms with Crippen LogP contribution in [0.2, 0.25) is 0 Å². The van der Waals surface area contributed by atoms with Crippen LogP contribution in [0.5, 0.6) is 0 Å². The number of hydrogen-bond acceptors (Lipinski definition) is 2. The van der Waals surface area contributed by atoms with Crippen molar-refractivity contribution >= 4 is 0 Å². The molecule has 2 aliphatic heterocycles. The highest BCUT2D eigenvalue weighted by Crippen LogP contribution is 2.36. The van der Waals surface area contributed by atoms with Crippen molar-refractivity contribution in [1.29, 1.82) is 0 Å². The molecular formula is C17H32N2. The predicted molar refractivity (Wildman–Crippen MR) is 81.4 cm³/mol. The summed E-state index contributed by atoms with van der Waals surface area (Å²) in [6, 6.07) is 2.62. The number of hydrogen-bond donors (Lipinski definition) is 1. The highest BCUT2D eigenvalue weighted by Gasteiger charge is 2.37. The molecule has 0 amide bonds. The minimum atomic E-state index is 0.815. The van der Waals surface area contributed by atoms with Gasteiger partial charge in [0.05, 0.1) is 0 Å². The van der Waals surface area contributed by atoms with E-state index in [2.05, 4.69) is 17.1 Å². The Morgan fingerprint density at radius 2 is 1.68 bits per heavy atom. The van der Waals surface area contributed by atoms with Crippen molar-refractivity contribution in [3.63, 3.8) is 0 Å². The van der Waals surface area contributed by atoms with E-state index in [1.54, 1.807) is 0 Å². The largest absolute Gasteiger partial charge is 0.314 e. The van der Waals surface area contributed by atoms with Gasteiger partial charge in [0.1, 0.15) is 0 Å². The van der Waals surface area contributed by atoms with E-state index in [4.69, 9.17) is 0 Å². The summed E-state index contributed by atoms with van der Waals surface area (Å²) in [5, 5.41) is 3.78. The summed E-state index contributed by atoms with van der Waals surface area (Å²) in [7, 11) is 0. The lowest BCUT2D eigenvalue weighted by molar-refractivity contribution is 0.0174. The molecule has 2 unspecified atom stereocenters. The average molecular weight is 264 g/mol. The molecule has 2 nitrogen and oxygen atoms in total. The van der Waals surface area contributed by atoms with Gasteiger partial charge in [-0.15, -0.1) is 0 Å². The fourth-order valence-electron chi connectivity index (χ4n) is 4.47. The summed E-state index contributed by atoms with van der Waals surface area (Å²) in [5.41, 5.74) is 0. The third-order valence-electron chi connectivity index (χ3n) is 5.83. The van der Waals surface area contributed by atoms with Gasteiger partial charge in [-0.3, -0.25) is 4.90 Å². The van der Waals surface area contributed by atoms with Gasteiger partial charge in [-0.05, 0) is 57.5 Å². The van der Waals surface area contributed by atoms with Crippen molar-refractivity contribution in [2.24, 2.45) is 5.92 Å². The Balaban J connectivity index is 1.50. The summed E-state index contributed by atoms with van der Waals surface area (Å²) in [6.45, 7) is 4.90. The Hall–Kier alpha value is -0.0800. The van der Waals surface area contributed by atoms with Crippen LogP contribution in [0.3, 0.4) is 0 Å². The van der Waals surface area contributed by atoms with Crippen molar-refractivity contribution < 1.29 is 0 Å². The third-order valence-corrected chi connectivity index (χ3v) is 5.83. The molecule has 0 aromatic heterocycles. The predicted octanol–water partition coefficient (Wildman–Crippen LogP) is 3.56. The zero-order valence-corrected chi connectivity index (χ0v) is 12.7. The van der Waals surface area contributed by atoms with Gasteiger partial charge < -0.3 is 5.32 Å². The zero-order valence-electron chi connectivity index (χ0n) is 12.7. The summed E-state index contributed by atoms with van der Waals surface area (Å²) < 4.78 is 0. The standard InChI is InChI=1S/C17H32N2/c1-2-10-18-15-12-16-7-4-8-17(13-15)19(16)11-9-14-5-3-6-14/h14-18H,2-13H2,1H3. The van der Waals surface area contributed by atoms with Gasteiger partial charge in [0, 0.05) is 18.1 Å². The summed E-state index contributed by atoms with van der Waals surface area (Å²) in [6.07, 6.45) is 14.5. The minimum Gasteiger partial charge on any atom is -0.314 e. The summed E-state index contributed by atoms with van der Waals surface area (Å²) in [5.74, 6) is 1.08. The number of nitrogens with one attached hydrogen (secondary N) is 1. The Bertz CT molecular complexity index is 260. The van der Waals surface area contributed by atoms with Crippen LogP contribution >= 0.6 is 0 Å². The number of fused-ring (bicyclic) bond motifs is 2. The van der Waals surface area contributed by atoms with E-state index < -0.39 is 0 Å². The van der Waals surface area contributed by atoms with Crippen molar-refractivity contribution in [2.45, 2.75) is 89.3 Å². The van der Waals surface area contributed by atoms with Gasteiger partial charge >= 0.3 is 0 Å². The molecule has 3 aliphatic rings. The molecule has 0 aromatic rings. The van der Waals surface area contributed by atoms with Crippen LogP contribution in [0.4, 0.5) is 0 Å². The van der Waals surface area contributed by atoms with Gasteiger partial charge in [-0.2, -0.15) is 0 Å². The Labute approximate surface area is 119 Å². The molecule has 2 saturated heterocycles. The van der Waals surface area contributed by atoms with Crippen molar-refractivity contribution in [1.82, 2.24) is 10.2 Å². The lowest BCUT2D eigenvalue weighted by Gasteiger charge is -2.49. The second-order valence-corrected chi connectivity index (χ2v) is 7.18. The van der Waals surface area contributed by atoms with Gasteiger partial charge in [-0.25, -0.2) is 0 Å². The fourth-order valence-corrected chi connectivity index (χ4v) is 4.47. The Morgan fingerprint density at radius 3 is 2.26 bits per heavy atom. The van der Waals surface area contributed by atoms with E-state index >= 15 is 0 Å². The van der Waals surface area contributed by atoms with E-state index in [1.807, 2.05) is 0 Å². The molecule has 1 aliphatic carbocycles. The molecule has 0 aromatic carbocycles. The molecular weight excluding hydrogens is 232 g/mol. The molecule has 19 heavy (non-hydrogen) atoms. The van der Waals surface area contributed by atoms with Crippen molar-refractivity contribution in [3.8, 4) is 0 Å². The maximum atomic E-state index is 3.78. The topological polar surface area (TPSA) is 15.3 Å². The molecule has 3 fully saturated rings. The lowest BCUT2D eigenvalue weighted by Crippen LogP contribution is -2.56. The Morgan fingerprint density at radius 1 is 1.00 bits per heavy atom. The third kappa shape index (κ3) is 3.33. The number of piperidine rings is 2. The van der Waals surface area contributed by atoms with Gasteiger partial charge in [0.25, 0.3) is 0 Å². The van der Waals surface area contributed by atoms with Crippen LogP contribution in [0, 0.1) is 5.92 Å². The first-order valence-corrected chi connectivity index (χ1v) is 8.86. The smallest absolute Gasteiger partial charge is 0.0113 e. The fraction of sp³-hybridized carbons (Fsp3) is 1.00. The number of rotatable bonds is 6. The zero-order chi connectivity index (χ0) is 13.1. The first kappa shape index (κ1) is 13.9. The second kappa shape index (κ2) is 6.58. The van der Waals surface area contributed by atoms with Crippen molar-refractivity contribution in [3.05, 3.63) is 0 Å². The molecule has 2 bridgehead atoms. The molecule has 0 spiro atoms. The molecule has 1 saturated carbocycles. The molecule has 2 heteroatoms. The van der Waals surface area contributed by atoms with Crippen LogP contribution in [0.1, 0.15) is 71.1 Å². The second-order valence-electron chi connectivity index (χ2n) is 7.18. The molecule has 110 valence electrons. The van der Waals surface area contributed by atoms with Crippen LogP contribution in [0.25, 0.3) is 0 Å². The van der Waals surface area contributed by atoms with Crippen LogP contribution in [-0.4, -0.2) is 36.1 Å². The lowest BCUT2D eigenvalue weighted by atomic mass is 9.79. The molecule has 3 rings (SSSR count). The maximum Gasteiger partial charge on any atom is 0.0113 e. The van der Waals surface area contributed by atoms with E-state index in [0.717, 1.165) is 24.0 Å². The quantitative estimate of drug-likeness (QED) is 0.789. The summed E-state index contributed by atoms with van der Waals surface area (Å²) >= 11 is 0. The Kier molecular flexibility index (Phi) is 4.81. The molecule has 2 heterocycles. The highest BCUT2D eigenvalue weighted by molar-refractivity contribution is 4.95. The minimum absolute atomic E-state index is 0.815. The average Bonchev–Trinajstić information content (AvgIpc) is 2.34. The van der Waals surface area contributed by atoms with E-state index in [1.165, 1.54) is 77.3 Å². The van der Waals surface area contributed by atoms with Gasteiger partial charge in [0.15, 0.2) is 0 Å². The first-order chi connectivity index (χ1) is 9.36. The SMILES string of the molecule is CCCNC1CC2CCCC(C1)N2CCC1CCC1.